The van der Waals surface area contributed by atoms with Crippen LogP contribution in [0.4, 0.5) is 0 Å². The van der Waals surface area contributed by atoms with Gasteiger partial charge < -0.3 is 4.74 Å². The van der Waals surface area contributed by atoms with Crippen LogP contribution in [0.25, 0.3) is 0 Å². The molecule has 5 nitrogen and oxygen atoms in total. The molecule has 0 aliphatic carbocycles. The van der Waals surface area contributed by atoms with E-state index in [1.54, 1.807) is 6.92 Å². The van der Waals surface area contributed by atoms with E-state index in [4.69, 9.17) is 4.74 Å². The molecule has 0 rings (SSSR count). The van der Waals surface area contributed by atoms with Gasteiger partial charge in [0, 0.05) is 27.3 Å². The van der Waals surface area contributed by atoms with E-state index in [2.05, 4.69) is 22.9 Å². The second-order valence-corrected chi connectivity index (χ2v) is 4.86. The van der Waals surface area contributed by atoms with Crippen molar-refractivity contribution in [2.75, 3.05) is 6.61 Å². The van der Waals surface area contributed by atoms with Gasteiger partial charge in [0.25, 0.3) is 0 Å². The molecule has 0 aromatic heterocycles. The van der Waals surface area contributed by atoms with E-state index in [1.807, 2.05) is 0 Å². The summed E-state index contributed by atoms with van der Waals surface area (Å²) < 4.78 is 2.93. The maximum Gasteiger partial charge on any atom is 0.396 e. The molecule has 0 amide bonds. The quantitative estimate of drug-likeness (QED) is 0.172. The molecule has 0 aliphatic heterocycles. The van der Waals surface area contributed by atoms with Crippen LogP contribution in [0.3, 0.4) is 0 Å². The van der Waals surface area contributed by atoms with Gasteiger partial charge >= 0.3 is 10.4 Å². The zero-order chi connectivity index (χ0) is 12.6. The SMILES string of the molecule is CCCCCCC(Br)(C(=O)OCC)[N+](=O)[O-]. The summed E-state index contributed by atoms with van der Waals surface area (Å²) in [5.41, 5.74) is 0. The molecule has 16 heavy (non-hydrogen) atoms. The van der Waals surface area contributed by atoms with Gasteiger partial charge in [0.2, 0.25) is 0 Å². The Labute approximate surface area is 104 Å². The van der Waals surface area contributed by atoms with Crippen molar-refractivity contribution in [3.05, 3.63) is 10.1 Å². The van der Waals surface area contributed by atoms with Crippen molar-refractivity contribution in [2.45, 2.75) is 50.4 Å². The molecule has 0 N–H and O–H groups in total. The van der Waals surface area contributed by atoms with Gasteiger partial charge in [-0.15, -0.1) is 0 Å². The molecule has 1 atom stereocenters. The van der Waals surface area contributed by atoms with Crippen molar-refractivity contribution in [3.8, 4) is 0 Å². The number of alkyl halides is 1. The van der Waals surface area contributed by atoms with Crippen LogP contribution in [0.1, 0.15) is 46.0 Å². The molecular weight excluding hydrogens is 278 g/mol. The molecule has 0 saturated carbocycles. The van der Waals surface area contributed by atoms with Gasteiger partial charge in [0.05, 0.1) is 6.61 Å². The molecule has 94 valence electrons. The fourth-order valence-corrected chi connectivity index (χ4v) is 1.69. The number of nitrogens with zero attached hydrogens (tertiary/aromatic N) is 1. The van der Waals surface area contributed by atoms with Gasteiger partial charge in [0.1, 0.15) is 0 Å². The number of esters is 1. The van der Waals surface area contributed by atoms with Gasteiger partial charge in [-0.1, -0.05) is 26.2 Å². The third-order valence-corrected chi connectivity index (χ3v) is 3.25. The number of carbonyl (C=O) groups is 1. The Balaban J connectivity index is 4.34. The molecular formula is C10H18BrNO4. The van der Waals surface area contributed by atoms with Gasteiger partial charge in [-0.2, -0.15) is 0 Å². The molecule has 0 saturated heterocycles. The van der Waals surface area contributed by atoms with Crippen LogP contribution in [-0.4, -0.2) is 21.9 Å². The van der Waals surface area contributed by atoms with Crippen molar-refractivity contribution in [1.29, 1.82) is 0 Å². The highest BCUT2D eigenvalue weighted by Gasteiger charge is 2.49. The lowest BCUT2D eigenvalue weighted by atomic mass is 10.1. The molecule has 0 fully saturated rings. The van der Waals surface area contributed by atoms with Crippen LogP contribution in [0.2, 0.25) is 0 Å². The molecule has 0 spiro atoms. The number of hydrogen-bond donors (Lipinski definition) is 0. The fourth-order valence-electron chi connectivity index (χ4n) is 1.30. The van der Waals surface area contributed by atoms with Gasteiger partial charge in [-0.05, 0) is 13.3 Å². The van der Waals surface area contributed by atoms with Crippen LogP contribution < -0.4 is 0 Å². The lowest BCUT2D eigenvalue weighted by Crippen LogP contribution is -2.41. The van der Waals surface area contributed by atoms with Gasteiger partial charge in [-0.25, -0.2) is 4.79 Å². The van der Waals surface area contributed by atoms with E-state index >= 15 is 0 Å². The molecule has 0 heterocycles. The van der Waals surface area contributed by atoms with Gasteiger partial charge in [0.15, 0.2) is 0 Å². The zero-order valence-corrected chi connectivity index (χ0v) is 11.3. The van der Waals surface area contributed by atoms with E-state index in [-0.39, 0.29) is 13.0 Å². The number of carbonyl (C=O) groups excluding carboxylic acids is 1. The highest BCUT2D eigenvalue weighted by atomic mass is 79.9. The Morgan fingerprint density at radius 1 is 1.38 bits per heavy atom. The predicted octanol–water partition coefficient (Wildman–Crippen LogP) is 2.89. The second kappa shape index (κ2) is 7.60. The number of halogens is 1. The Morgan fingerprint density at radius 3 is 2.44 bits per heavy atom. The summed E-state index contributed by atoms with van der Waals surface area (Å²) in [5, 5.41) is 10.9. The first-order valence-electron chi connectivity index (χ1n) is 5.49. The summed E-state index contributed by atoms with van der Waals surface area (Å²) in [5.74, 6) is -0.809. The number of unbranched alkanes of at least 4 members (excludes halogenated alkanes) is 3. The Morgan fingerprint density at radius 2 is 2.00 bits per heavy atom. The third-order valence-electron chi connectivity index (χ3n) is 2.24. The van der Waals surface area contributed by atoms with Gasteiger partial charge in [-0.3, -0.25) is 10.1 Å². The highest BCUT2D eigenvalue weighted by Crippen LogP contribution is 2.28. The first-order chi connectivity index (χ1) is 7.49. The van der Waals surface area contributed by atoms with E-state index in [0.29, 0.717) is 6.42 Å². The van der Waals surface area contributed by atoms with Crippen LogP contribution in [0.15, 0.2) is 0 Å². The van der Waals surface area contributed by atoms with Crippen molar-refractivity contribution in [1.82, 2.24) is 0 Å². The Hall–Kier alpha value is -0.650. The average molecular weight is 296 g/mol. The fraction of sp³-hybridized carbons (Fsp3) is 0.900. The lowest BCUT2D eigenvalue weighted by Gasteiger charge is -2.16. The van der Waals surface area contributed by atoms with Crippen LogP contribution in [0, 0.1) is 10.1 Å². The second-order valence-electron chi connectivity index (χ2n) is 3.55. The van der Waals surface area contributed by atoms with Crippen LogP contribution in [-0.2, 0) is 9.53 Å². The Kier molecular flexibility index (Phi) is 7.29. The summed E-state index contributed by atoms with van der Waals surface area (Å²) in [6.45, 7) is 3.83. The zero-order valence-electron chi connectivity index (χ0n) is 9.70. The Bertz CT molecular complexity index is 247. The summed E-state index contributed by atoms with van der Waals surface area (Å²) >= 11 is 2.89. The van der Waals surface area contributed by atoms with Crippen molar-refractivity contribution >= 4 is 21.9 Å². The van der Waals surface area contributed by atoms with E-state index in [1.165, 1.54) is 0 Å². The molecule has 6 heteroatoms. The van der Waals surface area contributed by atoms with Crippen LogP contribution in [0.5, 0.6) is 0 Å². The van der Waals surface area contributed by atoms with E-state index in [9.17, 15) is 14.9 Å². The molecule has 0 radical (unpaired) electrons. The number of hydrogen-bond acceptors (Lipinski definition) is 4. The average Bonchev–Trinajstić information content (AvgIpc) is 2.24. The van der Waals surface area contributed by atoms with Crippen molar-refractivity contribution in [2.24, 2.45) is 0 Å². The maximum atomic E-state index is 11.5. The van der Waals surface area contributed by atoms with Crippen LogP contribution >= 0.6 is 15.9 Å². The number of nitro groups is 1. The first-order valence-corrected chi connectivity index (χ1v) is 6.29. The minimum atomic E-state index is -1.77. The minimum absolute atomic E-state index is 0.148. The summed E-state index contributed by atoms with van der Waals surface area (Å²) in [6.07, 6.45) is 3.76. The standard InChI is InChI=1S/C10H18BrNO4/c1-3-5-6-7-8-10(11,12(14)15)9(13)16-4-2/h3-8H2,1-2H3. The molecule has 0 aromatic rings. The predicted molar refractivity (Wildman–Crippen MR) is 64.0 cm³/mol. The smallest absolute Gasteiger partial charge is 0.396 e. The molecule has 0 bridgehead atoms. The summed E-state index contributed by atoms with van der Waals surface area (Å²) in [7, 11) is 0. The maximum absolute atomic E-state index is 11.5. The van der Waals surface area contributed by atoms with Crippen molar-refractivity contribution < 1.29 is 14.5 Å². The first kappa shape index (κ1) is 15.3. The third kappa shape index (κ3) is 4.47. The topological polar surface area (TPSA) is 69.4 Å². The summed E-state index contributed by atoms with van der Waals surface area (Å²) in [6, 6.07) is 0. The van der Waals surface area contributed by atoms with Crippen molar-refractivity contribution in [3.63, 3.8) is 0 Å². The normalized spacial score (nSPS) is 14.2. The monoisotopic (exact) mass is 295 g/mol. The minimum Gasteiger partial charge on any atom is -0.460 e. The summed E-state index contributed by atoms with van der Waals surface area (Å²) in [4.78, 5) is 21.7. The largest absolute Gasteiger partial charge is 0.460 e. The van der Waals surface area contributed by atoms with E-state index < -0.39 is 15.3 Å². The number of ether oxygens (including phenoxy) is 1. The molecule has 1 unspecified atom stereocenters. The molecule has 0 aliphatic rings. The lowest BCUT2D eigenvalue weighted by molar-refractivity contribution is -0.523. The highest BCUT2D eigenvalue weighted by molar-refractivity contribution is 9.10. The number of rotatable bonds is 8. The molecule has 0 aromatic carbocycles. The van der Waals surface area contributed by atoms with E-state index in [0.717, 1.165) is 19.3 Å².